The van der Waals surface area contributed by atoms with Crippen LogP contribution >= 0.6 is 0 Å². The number of hydrogen-bond donors (Lipinski definition) is 1. The van der Waals surface area contributed by atoms with Crippen LogP contribution in [0.25, 0.3) is 0 Å². The van der Waals surface area contributed by atoms with E-state index in [0.29, 0.717) is 17.6 Å². The third-order valence-electron chi connectivity index (χ3n) is 3.85. The summed E-state index contributed by atoms with van der Waals surface area (Å²) < 4.78 is 25.5. The predicted molar refractivity (Wildman–Crippen MR) is 64.7 cm³/mol. The summed E-state index contributed by atoms with van der Waals surface area (Å²) in [6.07, 6.45) is 2.96. The standard InChI is InChI=1S/C11H22N2O2S/c1-10-8-12-5-4-11(10)9-13-6-2-3-7-16(13,14)15/h10-12H,2-9H2,1H3. The fourth-order valence-electron chi connectivity index (χ4n) is 2.65. The van der Waals surface area contributed by atoms with Gasteiger partial charge in [0.1, 0.15) is 0 Å². The minimum Gasteiger partial charge on any atom is -0.316 e. The number of piperidine rings is 1. The third-order valence-corrected chi connectivity index (χ3v) is 5.78. The van der Waals surface area contributed by atoms with E-state index in [1.165, 1.54) is 0 Å². The second-order valence-electron chi connectivity index (χ2n) is 5.11. The highest BCUT2D eigenvalue weighted by atomic mass is 32.2. The molecule has 0 bridgehead atoms. The number of nitrogens with zero attached hydrogens (tertiary/aromatic N) is 1. The maximum atomic E-state index is 11.9. The Balaban J connectivity index is 1.97. The molecule has 16 heavy (non-hydrogen) atoms. The van der Waals surface area contributed by atoms with Crippen LogP contribution in [0.15, 0.2) is 0 Å². The highest BCUT2D eigenvalue weighted by Gasteiger charge is 2.30. The molecule has 2 unspecified atom stereocenters. The van der Waals surface area contributed by atoms with E-state index in [2.05, 4.69) is 12.2 Å². The van der Waals surface area contributed by atoms with E-state index in [9.17, 15) is 8.42 Å². The predicted octanol–water partition coefficient (Wildman–Crippen LogP) is 0.658. The number of hydrogen-bond acceptors (Lipinski definition) is 3. The van der Waals surface area contributed by atoms with Crippen LogP contribution < -0.4 is 5.32 Å². The molecule has 2 atom stereocenters. The van der Waals surface area contributed by atoms with Crippen LogP contribution in [0.5, 0.6) is 0 Å². The van der Waals surface area contributed by atoms with Crippen molar-refractivity contribution in [2.24, 2.45) is 11.8 Å². The molecule has 4 nitrogen and oxygen atoms in total. The van der Waals surface area contributed by atoms with E-state index in [1.807, 2.05) is 0 Å². The van der Waals surface area contributed by atoms with Crippen molar-refractivity contribution >= 4 is 10.0 Å². The van der Waals surface area contributed by atoms with E-state index in [-0.39, 0.29) is 0 Å². The first-order valence-electron chi connectivity index (χ1n) is 6.28. The van der Waals surface area contributed by atoms with Crippen molar-refractivity contribution in [3.8, 4) is 0 Å². The largest absolute Gasteiger partial charge is 0.316 e. The zero-order chi connectivity index (χ0) is 11.6. The average molecular weight is 246 g/mol. The summed E-state index contributed by atoms with van der Waals surface area (Å²) in [5.74, 6) is 1.48. The average Bonchev–Trinajstić information content (AvgIpc) is 2.24. The first-order valence-corrected chi connectivity index (χ1v) is 7.89. The SMILES string of the molecule is CC1CNCCC1CN1CCCCS1(=O)=O. The Hall–Kier alpha value is -0.130. The van der Waals surface area contributed by atoms with E-state index in [0.717, 1.165) is 45.4 Å². The van der Waals surface area contributed by atoms with Crippen molar-refractivity contribution in [2.75, 3.05) is 31.9 Å². The van der Waals surface area contributed by atoms with Crippen molar-refractivity contribution in [1.82, 2.24) is 9.62 Å². The zero-order valence-corrected chi connectivity index (χ0v) is 10.8. The Bertz CT molecular complexity index is 329. The van der Waals surface area contributed by atoms with Gasteiger partial charge in [0.25, 0.3) is 0 Å². The molecular formula is C11H22N2O2S. The second-order valence-corrected chi connectivity index (χ2v) is 7.20. The molecule has 0 aromatic rings. The lowest BCUT2D eigenvalue weighted by Crippen LogP contribution is -2.45. The van der Waals surface area contributed by atoms with Gasteiger partial charge in [0.05, 0.1) is 5.75 Å². The molecule has 94 valence electrons. The molecule has 0 aromatic heterocycles. The highest BCUT2D eigenvalue weighted by Crippen LogP contribution is 2.23. The van der Waals surface area contributed by atoms with Crippen LogP contribution in [0.4, 0.5) is 0 Å². The molecular weight excluding hydrogens is 224 g/mol. The van der Waals surface area contributed by atoms with Gasteiger partial charge in [-0.3, -0.25) is 0 Å². The number of rotatable bonds is 2. The fraction of sp³-hybridized carbons (Fsp3) is 1.00. The summed E-state index contributed by atoms with van der Waals surface area (Å²) in [5.41, 5.74) is 0. The van der Waals surface area contributed by atoms with Crippen LogP contribution in [-0.2, 0) is 10.0 Å². The molecule has 0 aromatic carbocycles. The van der Waals surface area contributed by atoms with Crippen molar-refractivity contribution in [3.63, 3.8) is 0 Å². The monoisotopic (exact) mass is 246 g/mol. The van der Waals surface area contributed by atoms with Gasteiger partial charge in [-0.1, -0.05) is 6.92 Å². The van der Waals surface area contributed by atoms with Gasteiger partial charge in [-0.05, 0) is 44.2 Å². The van der Waals surface area contributed by atoms with Crippen LogP contribution in [0, 0.1) is 11.8 Å². The number of sulfonamides is 1. The molecule has 2 fully saturated rings. The lowest BCUT2D eigenvalue weighted by molar-refractivity contribution is 0.219. The smallest absolute Gasteiger partial charge is 0.214 e. The van der Waals surface area contributed by atoms with Gasteiger partial charge in [0.2, 0.25) is 10.0 Å². The quantitative estimate of drug-likeness (QED) is 0.778. The lowest BCUT2D eigenvalue weighted by Gasteiger charge is -2.35. The van der Waals surface area contributed by atoms with Crippen LogP contribution in [0.3, 0.4) is 0 Å². The summed E-state index contributed by atoms with van der Waals surface area (Å²) >= 11 is 0. The molecule has 0 amide bonds. The first-order chi connectivity index (χ1) is 7.59. The maximum absolute atomic E-state index is 11.9. The molecule has 1 N–H and O–H groups in total. The number of nitrogens with one attached hydrogen (secondary N) is 1. The third kappa shape index (κ3) is 2.76. The Morgan fingerprint density at radius 1 is 1.38 bits per heavy atom. The minimum atomic E-state index is -2.93. The van der Waals surface area contributed by atoms with Crippen molar-refractivity contribution < 1.29 is 8.42 Å². The zero-order valence-electron chi connectivity index (χ0n) is 9.98. The van der Waals surface area contributed by atoms with E-state index >= 15 is 0 Å². The fourth-order valence-corrected chi connectivity index (χ4v) is 4.30. The Morgan fingerprint density at radius 2 is 2.19 bits per heavy atom. The van der Waals surface area contributed by atoms with Gasteiger partial charge >= 0.3 is 0 Å². The highest BCUT2D eigenvalue weighted by molar-refractivity contribution is 7.89. The van der Waals surface area contributed by atoms with Gasteiger partial charge in [-0.2, -0.15) is 0 Å². The lowest BCUT2D eigenvalue weighted by atomic mass is 9.88. The summed E-state index contributed by atoms with van der Waals surface area (Å²) in [6.45, 7) is 5.75. The molecule has 2 heterocycles. The second kappa shape index (κ2) is 5.02. The normalized spacial score (nSPS) is 36.1. The van der Waals surface area contributed by atoms with Crippen LogP contribution in [-0.4, -0.2) is 44.7 Å². The summed E-state index contributed by atoms with van der Waals surface area (Å²) in [6, 6.07) is 0. The van der Waals surface area contributed by atoms with Crippen molar-refractivity contribution in [1.29, 1.82) is 0 Å². The molecule has 2 aliphatic rings. The molecule has 0 spiro atoms. The molecule has 2 saturated heterocycles. The Labute approximate surface area is 98.4 Å². The molecule has 2 aliphatic heterocycles. The minimum absolute atomic E-state index is 0.354. The molecule has 5 heteroatoms. The first kappa shape index (κ1) is 12.3. The van der Waals surface area contributed by atoms with Crippen molar-refractivity contribution in [2.45, 2.75) is 26.2 Å². The Kier molecular flexibility index (Phi) is 3.87. The van der Waals surface area contributed by atoms with Crippen LogP contribution in [0.1, 0.15) is 26.2 Å². The van der Waals surface area contributed by atoms with E-state index < -0.39 is 10.0 Å². The molecule has 0 radical (unpaired) electrons. The van der Waals surface area contributed by atoms with Gasteiger partial charge in [0.15, 0.2) is 0 Å². The molecule has 2 rings (SSSR count). The van der Waals surface area contributed by atoms with Gasteiger partial charge in [0, 0.05) is 13.1 Å². The van der Waals surface area contributed by atoms with Gasteiger partial charge in [-0.15, -0.1) is 0 Å². The van der Waals surface area contributed by atoms with Crippen LogP contribution in [0.2, 0.25) is 0 Å². The topological polar surface area (TPSA) is 49.4 Å². The maximum Gasteiger partial charge on any atom is 0.214 e. The molecule has 0 saturated carbocycles. The van der Waals surface area contributed by atoms with Crippen molar-refractivity contribution in [3.05, 3.63) is 0 Å². The Morgan fingerprint density at radius 3 is 2.88 bits per heavy atom. The summed E-state index contributed by atoms with van der Waals surface area (Å²) in [7, 11) is -2.93. The summed E-state index contributed by atoms with van der Waals surface area (Å²) in [5, 5.41) is 3.35. The van der Waals surface area contributed by atoms with Gasteiger partial charge in [-0.25, -0.2) is 12.7 Å². The summed E-state index contributed by atoms with van der Waals surface area (Å²) in [4.78, 5) is 0. The van der Waals surface area contributed by atoms with E-state index in [1.54, 1.807) is 4.31 Å². The van der Waals surface area contributed by atoms with Gasteiger partial charge < -0.3 is 5.32 Å². The molecule has 0 aliphatic carbocycles. The van der Waals surface area contributed by atoms with E-state index in [4.69, 9.17) is 0 Å².